The third kappa shape index (κ3) is 2.15. The largest absolute Gasteiger partial charge is 0.300 e. The van der Waals surface area contributed by atoms with Crippen molar-refractivity contribution in [3.05, 3.63) is 17.0 Å². The van der Waals surface area contributed by atoms with Crippen LogP contribution in [0.2, 0.25) is 0 Å². The van der Waals surface area contributed by atoms with E-state index in [9.17, 15) is 0 Å². The third-order valence-electron chi connectivity index (χ3n) is 2.49. The van der Waals surface area contributed by atoms with Crippen LogP contribution in [-0.2, 0) is 13.6 Å². The minimum atomic E-state index is 0.106. The summed E-state index contributed by atoms with van der Waals surface area (Å²) in [4.78, 5) is 0. The second kappa shape index (κ2) is 4.30. The van der Waals surface area contributed by atoms with Crippen molar-refractivity contribution < 1.29 is 0 Å². The van der Waals surface area contributed by atoms with Crippen LogP contribution in [-0.4, -0.2) is 15.8 Å². The second-order valence-electron chi connectivity index (χ2n) is 3.54. The number of aryl methyl sites for hydroxylation is 2. The van der Waals surface area contributed by atoms with Gasteiger partial charge in [-0.3, -0.25) is 10.00 Å². The summed E-state index contributed by atoms with van der Waals surface area (Å²) in [5.41, 5.74) is 3.51. The van der Waals surface area contributed by atoms with Gasteiger partial charge in [0.05, 0.1) is 11.7 Å². The highest BCUT2D eigenvalue weighted by atomic mass is 15.3. The molecule has 0 aliphatic carbocycles. The first-order valence-corrected chi connectivity index (χ1v) is 4.74. The molecule has 0 bridgehead atoms. The van der Waals surface area contributed by atoms with Crippen LogP contribution < -0.4 is 5.32 Å². The standard InChI is InChI=1S/C11H17N3/c1-6-8(2)12-7-11-9(3)13-14(5)10(11)4/h1,8,12H,7H2,2-5H3. The number of terminal acetylenes is 1. The zero-order chi connectivity index (χ0) is 10.7. The Hall–Kier alpha value is -1.27. The van der Waals surface area contributed by atoms with Gasteiger partial charge in [0.15, 0.2) is 0 Å². The number of hydrogen-bond donors (Lipinski definition) is 1. The SMILES string of the molecule is C#CC(C)NCc1c(C)nn(C)c1C. The van der Waals surface area contributed by atoms with Crippen molar-refractivity contribution >= 4 is 0 Å². The Labute approximate surface area is 85.5 Å². The van der Waals surface area contributed by atoms with E-state index in [4.69, 9.17) is 6.42 Å². The first-order chi connectivity index (χ1) is 6.56. The number of hydrogen-bond acceptors (Lipinski definition) is 2. The van der Waals surface area contributed by atoms with Crippen molar-refractivity contribution in [2.45, 2.75) is 33.4 Å². The lowest BCUT2D eigenvalue weighted by Gasteiger charge is -2.07. The van der Waals surface area contributed by atoms with E-state index >= 15 is 0 Å². The van der Waals surface area contributed by atoms with Gasteiger partial charge in [-0.1, -0.05) is 5.92 Å². The normalized spacial score (nSPS) is 12.5. The average Bonchev–Trinajstić information content (AvgIpc) is 2.39. The van der Waals surface area contributed by atoms with Gasteiger partial charge in [0.2, 0.25) is 0 Å². The minimum Gasteiger partial charge on any atom is -0.300 e. The van der Waals surface area contributed by atoms with Crippen molar-refractivity contribution in [1.82, 2.24) is 15.1 Å². The Morgan fingerprint density at radius 3 is 2.64 bits per heavy atom. The fourth-order valence-corrected chi connectivity index (χ4v) is 1.39. The predicted molar refractivity (Wildman–Crippen MR) is 57.8 cm³/mol. The highest BCUT2D eigenvalue weighted by Crippen LogP contribution is 2.11. The molecule has 76 valence electrons. The summed E-state index contributed by atoms with van der Waals surface area (Å²) in [6.07, 6.45) is 5.28. The summed E-state index contributed by atoms with van der Waals surface area (Å²) in [6.45, 7) is 6.85. The van der Waals surface area contributed by atoms with Crippen molar-refractivity contribution in [3.8, 4) is 12.3 Å². The Morgan fingerprint density at radius 2 is 2.21 bits per heavy atom. The summed E-state index contributed by atoms with van der Waals surface area (Å²) in [7, 11) is 1.95. The summed E-state index contributed by atoms with van der Waals surface area (Å²) >= 11 is 0. The topological polar surface area (TPSA) is 29.9 Å². The molecule has 0 saturated carbocycles. The van der Waals surface area contributed by atoms with Crippen molar-refractivity contribution in [1.29, 1.82) is 0 Å². The Morgan fingerprint density at radius 1 is 1.57 bits per heavy atom. The molecule has 1 unspecified atom stereocenters. The van der Waals surface area contributed by atoms with Crippen molar-refractivity contribution in [2.24, 2.45) is 7.05 Å². The average molecular weight is 191 g/mol. The molecule has 3 nitrogen and oxygen atoms in total. The van der Waals surface area contributed by atoms with Crippen molar-refractivity contribution in [2.75, 3.05) is 0 Å². The Balaban J connectivity index is 2.73. The quantitative estimate of drug-likeness (QED) is 0.726. The number of aromatic nitrogens is 2. The summed E-state index contributed by atoms with van der Waals surface area (Å²) in [5.74, 6) is 2.64. The van der Waals surface area contributed by atoms with Gasteiger partial charge in [-0.05, 0) is 20.8 Å². The molecular formula is C11H17N3. The molecule has 0 fully saturated rings. The maximum absolute atomic E-state index is 5.28. The van der Waals surface area contributed by atoms with Crippen LogP contribution in [0.3, 0.4) is 0 Å². The van der Waals surface area contributed by atoms with Crippen LogP contribution in [0.1, 0.15) is 23.9 Å². The van der Waals surface area contributed by atoms with Gasteiger partial charge in [0.25, 0.3) is 0 Å². The molecule has 0 aliphatic rings. The van der Waals surface area contributed by atoms with Crippen LogP contribution in [0.5, 0.6) is 0 Å². The van der Waals surface area contributed by atoms with Crippen LogP contribution >= 0.6 is 0 Å². The third-order valence-corrected chi connectivity index (χ3v) is 2.49. The molecule has 0 saturated heterocycles. The zero-order valence-electron chi connectivity index (χ0n) is 9.26. The Bertz CT molecular complexity index is 357. The molecule has 1 heterocycles. The fourth-order valence-electron chi connectivity index (χ4n) is 1.39. The number of rotatable bonds is 3. The zero-order valence-corrected chi connectivity index (χ0v) is 9.26. The molecule has 3 heteroatoms. The number of nitrogens with one attached hydrogen (secondary N) is 1. The lowest BCUT2D eigenvalue weighted by atomic mass is 10.2. The van der Waals surface area contributed by atoms with Gasteiger partial charge in [0, 0.05) is 24.8 Å². The first-order valence-electron chi connectivity index (χ1n) is 4.74. The van der Waals surface area contributed by atoms with E-state index in [1.165, 1.54) is 11.3 Å². The molecule has 1 rings (SSSR count). The van der Waals surface area contributed by atoms with E-state index in [1.54, 1.807) is 0 Å². The van der Waals surface area contributed by atoms with E-state index in [1.807, 2.05) is 25.6 Å². The van der Waals surface area contributed by atoms with E-state index in [0.29, 0.717) is 0 Å². The molecule has 0 amide bonds. The van der Waals surface area contributed by atoms with Crippen molar-refractivity contribution in [3.63, 3.8) is 0 Å². The Kier molecular flexibility index (Phi) is 3.32. The van der Waals surface area contributed by atoms with E-state index in [-0.39, 0.29) is 6.04 Å². The number of nitrogens with zero attached hydrogens (tertiary/aromatic N) is 2. The highest BCUT2D eigenvalue weighted by Gasteiger charge is 2.09. The predicted octanol–water partition coefficient (Wildman–Crippen LogP) is 1.15. The van der Waals surface area contributed by atoms with Crippen LogP contribution in [0, 0.1) is 26.2 Å². The molecule has 1 N–H and O–H groups in total. The van der Waals surface area contributed by atoms with Crippen LogP contribution in [0.25, 0.3) is 0 Å². The lowest BCUT2D eigenvalue weighted by molar-refractivity contribution is 0.642. The summed E-state index contributed by atoms with van der Waals surface area (Å²) in [6, 6.07) is 0.106. The van der Waals surface area contributed by atoms with Crippen LogP contribution in [0.4, 0.5) is 0 Å². The van der Waals surface area contributed by atoms with E-state index in [2.05, 4.69) is 23.3 Å². The molecular weight excluding hydrogens is 174 g/mol. The molecule has 1 atom stereocenters. The van der Waals surface area contributed by atoms with Crippen LogP contribution in [0.15, 0.2) is 0 Å². The smallest absolute Gasteiger partial charge is 0.0660 e. The van der Waals surface area contributed by atoms with Gasteiger partial charge in [-0.15, -0.1) is 6.42 Å². The maximum Gasteiger partial charge on any atom is 0.0660 e. The monoisotopic (exact) mass is 191 g/mol. The van der Waals surface area contributed by atoms with Gasteiger partial charge in [0.1, 0.15) is 0 Å². The minimum absolute atomic E-state index is 0.106. The molecule has 0 aromatic carbocycles. The summed E-state index contributed by atoms with van der Waals surface area (Å²) in [5, 5.41) is 7.59. The van der Waals surface area contributed by atoms with E-state index < -0.39 is 0 Å². The van der Waals surface area contributed by atoms with Gasteiger partial charge >= 0.3 is 0 Å². The first kappa shape index (κ1) is 10.8. The molecule has 0 spiro atoms. The fraction of sp³-hybridized carbons (Fsp3) is 0.545. The molecule has 1 aromatic heterocycles. The molecule has 14 heavy (non-hydrogen) atoms. The van der Waals surface area contributed by atoms with Gasteiger partial charge in [-0.25, -0.2) is 0 Å². The molecule has 1 aromatic rings. The highest BCUT2D eigenvalue weighted by molar-refractivity contribution is 5.24. The maximum atomic E-state index is 5.28. The van der Waals surface area contributed by atoms with E-state index in [0.717, 1.165) is 12.2 Å². The molecule has 0 aliphatic heterocycles. The van der Waals surface area contributed by atoms with Gasteiger partial charge in [-0.2, -0.15) is 5.10 Å². The summed E-state index contributed by atoms with van der Waals surface area (Å²) < 4.78 is 1.90. The van der Waals surface area contributed by atoms with Gasteiger partial charge < -0.3 is 0 Å². The molecule has 0 radical (unpaired) electrons. The lowest BCUT2D eigenvalue weighted by Crippen LogP contribution is -2.24. The second-order valence-corrected chi connectivity index (χ2v) is 3.54.